The van der Waals surface area contributed by atoms with Crippen LogP contribution in [0.2, 0.25) is 0 Å². The minimum atomic E-state index is -0.846. The maximum atomic E-state index is 12.4. The molecule has 64 heavy (non-hydrogen) atoms. The Morgan fingerprint density at radius 2 is 0.734 bits per heavy atom. The van der Waals surface area contributed by atoms with Gasteiger partial charge in [0, 0.05) is 12.8 Å². The Bertz CT molecular complexity index is 997. The number of ether oxygens (including phenoxy) is 1. The second-order valence-electron chi connectivity index (χ2n) is 19.6. The molecule has 0 aliphatic heterocycles. The molecule has 378 valence electrons. The first-order valence-electron chi connectivity index (χ1n) is 28.6. The monoisotopic (exact) mass is 902 g/mol. The smallest absolute Gasteiger partial charge is 0.305 e. The molecule has 0 aromatic carbocycles. The van der Waals surface area contributed by atoms with Gasteiger partial charge in [-0.3, -0.25) is 9.59 Å². The highest BCUT2D eigenvalue weighted by molar-refractivity contribution is 5.76. The normalized spacial score (nSPS) is 12.8. The number of rotatable bonds is 53. The molecule has 2 atom stereocenters. The van der Waals surface area contributed by atoms with Crippen LogP contribution in [0.25, 0.3) is 0 Å². The summed E-state index contributed by atoms with van der Waals surface area (Å²) in [6.07, 6.45) is 64.8. The van der Waals surface area contributed by atoms with Crippen LogP contribution in [0.3, 0.4) is 0 Å². The van der Waals surface area contributed by atoms with Crippen LogP contribution < -0.4 is 5.32 Å². The third-order valence-electron chi connectivity index (χ3n) is 13.2. The van der Waals surface area contributed by atoms with Gasteiger partial charge in [-0.1, -0.05) is 263 Å². The van der Waals surface area contributed by atoms with Gasteiger partial charge in [-0.15, -0.1) is 0 Å². The van der Waals surface area contributed by atoms with Gasteiger partial charge in [-0.25, -0.2) is 0 Å². The molecule has 0 saturated carbocycles. The lowest BCUT2D eigenvalue weighted by atomic mass is 10.0. The van der Waals surface area contributed by atoms with E-state index in [2.05, 4.69) is 31.3 Å². The minimum absolute atomic E-state index is 0.00395. The molecule has 0 radical (unpaired) electrons. The van der Waals surface area contributed by atoms with Crippen LogP contribution in [-0.2, 0) is 14.3 Å². The lowest BCUT2D eigenvalue weighted by Gasteiger charge is -2.20. The fourth-order valence-corrected chi connectivity index (χ4v) is 8.81. The SMILES string of the molecule is CCCCCCCC/C=C\CCCCCCCCCCCC(=O)OCCCCCCCCCCCCCCCCCCCC(=O)NC(CO)C(O)/C=C/CCCCCCCCCCC. The molecule has 0 aromatic heterocycles. The molecule has 0 saturated heterocycles. The lowest BCUT2D eigenvalue weighted by molar-refractivity contribution is -0.143. The molecule has 0 spiro atoms. The van der Waals surface area contributed by atoms with E-state index in [9.17, 15) is 19.8 Å². The molecule has 0 aliphatic rings. The molecule has 2 unspecified atom stereocenters. The van der Waals surface area contributed by atoms with Crippen LogP contribution in [0.4, 0.5) is 0 Å². The summed E-state index contributed by atoms with van der Waals surface area (Å²) < 4.78 is 5.49. The number of hydrogen-bond acceptors (Lipinski definition) is 5. The molecule has 6 nitrogen and oxygen atoms in total. The van der Waals surface area contributed by atoms with Crippen molar-refractivity contribution in [1.29, 1.82) is 0 Å². The first kappa shape index (κ1) is 62.3. The van der Waals surface area contributed by atoms with Crippen LogP contribution >= 0.6 is 0 Å². The quantitative estimate of drug-likeness (QED) is 0.0321. The molecule has 0 heterocycles. The van der Waals surface area contributed by atoms with Crippen molar-refractivity contribution < 1.29 is 24.5 Å². The fraction of sp³-hybridized carbons (Fsp3) is 0.897. The zero-order valence-electron chi connectivity index (χ0n) is 43.0. The summed E-state index contributed by atoms with van der Waals surface area (Å²) in [7, 11) is 0. The molecule has 3 N–H and O–H groups in total. The molecule has 6 heteroatoms. The Labute approximate surface area is 399 Å². The van der Waals surface area contributed by atoms with E-state index in [1.165, 1.54) is 238 Å². The van der Waals surface area contributed by atoms with Gasteiger partial charge < -0.3 is 20.3 Å². The number of unbranched alkanes of at least 4 members (excludes halogenated alkanes) is 40. The van der Waals surface area contributed by atoms with E-state index >= 15 is 0 Å². The van der Waals surface area contributed by atoms with Gasteiger partial charge in [0.25, 0.3) is 0 Å². The van der Waals surface area contributed by atoms with E-state index in [0.717, 1.165) is 44.9 Å². The van der Waals surface area contributed by atoms with Crippen molar-refractivity contribution >= 4 is 11.9 Å². The first-order chi connectivity index (χ1) is 31.5. The molecule has 0 rings (SSSR count). The van der Waals surface area contributed by atoms with Crippen LogP contribution in [0.1, 0.15) is 309 Å². The number of hydrogen-bond donors (Lipinski definition) is 3. The Morgan fingerprint density at radius 1 is 0.422 bits per heavy atom. The Balaban J connectivity index is 3.39. The van der Waals surface area contributed by atoms with Crippen molar-refractivity contribution in [2.75, 3.05) is 13.2 Å². The second-order valence-corrected chi connectivity index (χ2v) is 19.6. The van der Waals surface area contributed by atoms with Gasteiger partial charge in [-0.05, 0) is 57.8 Å². The predicted molar refractivity (Wildman–Crippen MR) is 278 cm³/mol. The van der Waals surface area contributed by atoms with Gasteiger partial charge in [0.05, 0.1) is 25.4 Å². The van der Waals surface area contributed by atoms with Gasteiger partial charge in [-0.2, -0.15) is 0 Å². The zero-order valence-corrected chi connectivity index (χ0v) is 43.0. The Morgan fingerprint density at radius 3 is 1.11 bits per heavy atom. The van der Waals surface area contributed by atoms with E-state index in [1.54, 1.807) is 6.08 Å². The van der Waals surface area contributed by atoms with Crippen molar-refractivity contribution in [2.45, 2.75) is 321 Å². The number of nitrogens with one attached hydrogen (secondary N) is 1. The van der Waals surface area contributed by atoms with Crippen LogP contribution in [0.15, 0.2) is 24.3 Å². The minimum Gasteiger partial charge on any atom is -0.466 e. The standard InChI is InChI=1S/C58H111NO5/c1-3-5-7-9-11-13-15-16-17-18-19-22-25-28-32-36-40-44-48-52-58(63)64-53-49-45-41-37-33-29-26-23-20-21-24-27-31-35-39-43-47-51-57(62)59-55(54-60)56(61)50-46-42-38-34-30-14-12-10-8-6-4-2/h16-17,46,50,55-56,60-61H,3-15,18-45,47-49,51-54H2,1-2H3,(H,59,62)/b17-16-,50-46+. The molecule has 0 aliphatic carbocycles. The van der Waals surface area contributed by atoms with Crippen LogP contribution in [0.5, 0.6) is 0 Å². The summed E-state index contributed by atoms with van der Waals surface area (Å²) in [6.45, 7) is 4.88. The first-order valence-corrected chi connectivity index (χ1v) is 28.6. The third kappa shape index (κ3) is 49.8. The average molecular weight is 903 g/mol. The average Bonchev–Trinajstić information content (AvgIpc) is 3.29. The van der Waals surface area contributed by atoms with Gasteiger partial charge in [0.2, 0.25) is 5.91 Å². The van der Waals surface area contributed by atoms with E-state index in [-0.39, 0.29) is 18.5 Å². The molecule has 1 amide bonds. The van der Waals surface area contributed by atoms with Crippen molar-refractivity contribution in [3.8, 4) is 0 Å². The van der Waals surface area contributed by atoms with Crippen LogP contribution in [-0.4, -0.2) is 47.4 Å². The third-order valence-corrected chi connectivity index (χ3v) is 13.2. The number of aliphatic hydroxyl groups is 2. The number of carbonyl (C=O) groups excluding carboxylic acids is 2. The summed E-state index contributed by atoms with van der Waals surface area (Å²) in [5.41, 5.74) is 0. The molecular formula is C58H111NO5. The highest BCUT2D eigenvalue weighted by Gasteiger charge is 2.18. The second kappa shape index (κ2) is 54.0. The van der Waals surface area contributed by atoms with E-state index in [4.69, 9.17) is 4.74 Å². The number of carbonyl (C=O) groups is 2. The van der Waals surface area contributed by atoms with Crippen molar-refractivity contribution in [3.05, 3.63) is 24.3 Å². The number of aliphatic hydroxyl groups excluding tert-OH is 2. The Kier molecular flexibility index (Phi) is 52.6. The number of esters is 1. The lowest BCUT2D eigenvalue weighted by Crippen LogP contribution is -2.45. The van der Waals surface area contributed by atoms with E-state index in [0.29, 0.717) is 19.4 Å². The van der Waals surface area contributed by atoms with E-state index in [1.807, 2.05) is 6.08 Å². The molecular weight excluding hydrogens is 791 g/mol. The van der Waals surface area contributed by atoms with Crippen molar-refractivity contribution in [1.82, 2.24) is 5.32 Å². The molecule has 0 bridgehead atoms. The predicted octanol–water partition coefficient (Wildman–Crippen LogP) is 17.5. The zero-order chi connectivity index (χ0) is 46.5. The highest BCUT2D eigenvalue weighted by Crippen LogP contribution is 2.17. The summed E-state index contributed by atoms with van der Waals surface area (Å²) >= 11 is 0. The summed E-state index contributed by atoms with van der Waals surface area (Å²) in [5.74, 6) is -0.0701. The van der Waals surface area contributed by atoms with Gasteiger partial charge in [0.15, 0.2) is 0 Å². The van der Waals surface area contributed by atoms with Gasteiger partial charge in [0.1, 0.15) is 0 Å². The maximum Gasteiger partial charge on any atom is 0.305 e. The number of amides is 1. The topological polar surface area (TPSA) is 95.9 Å². The largest absolute Gasteiger partial charge is 0.466 e. The maximum absolute atomic E-state index is 12.4. The van der Waals surface area contributed by atoms with E-state index < -0.39 is 12.1 Å². The van der Waals surface area contributed by atoms with Crippen molar-refractivity contribution in [3.63, 3.8) is 0 Å². The molecule has 0 fully saturated rings. The Hall–Kier alpha value is -1.66. The van der Waals surface area contributed by atoms with Crippen molar-refractivity contribution in [2.24, 2.45) is 0 Å². The fourth-order valence-electron chi connectivity index (χ4n) is 8.81. The summed E-state index contributed by atoms with van der Waals surface area (Å²) in [5, 5.41) is 23.0. The summed E-state index contributed by atoms with van der Waals surface area (Å²) in [4.78, 5) is 24.5. The highest BCUT2D eigenvalue weighted by atomic mass is 16.5. The van der Waals surface area contributed by atoms with Gasteiger partial charge >= 0.3 is 5.97 Å². The number of allylic oxidation sites excluding steroid dienone is 3. The summed E-state index contributed by atoms with van der Waals surface area (Å²) in [6, 6.07) is -0.630. The molecule has 0 aromatic rings. The van der Waals surface area contributed by atoms with Crippen LogP contribution in [0, 0.1) is 0 Å².